The smallest absolute Gasteiger partial charge is 0.258 e. The van der Waals surface area contributed by atoms with E-state index in [-0.39, 0.29) is 43.2 Å². The first kappa shape index (κ1) is 23.7. The molecule has 1 atom stereocenters. The molecule has 0 saturated heterocycles. The van der Waals surface area contributed by atoms with Crippen molar-refractivity contribution in [2.24, 2.45) is 11.7 Å². The van der Waals surface area contributed by atoms with Crippen LogP contribution in [0.15, 0.2) is 30.5 Å². The molecule has 0 aliphatic heterocycles. The molecule has 0 aliphatic carbocycles. The second-order valence-corrected chi connectivity index (χ2v) is 6.47. The van der Waals surface area contributed by atoms with E-state index in [1.54, 1.807) is 24.4 Å². The van der Waals surface area contributed by atoms with Crippen LogP contribution in [0, 0.1) is 5.92 Å². The van der Waals surface area contributed by atoms with Gasteiger partial charge in [0.25, 0.3) is 5.91 Å². The number of nitrogens with zero attached hydrogens (tertiary/aromatic N) is 1. The third-order valence-corrected chi connectivity index (χ3v) is 4.49. The molecule has 1 aromatic heterocycles. The highest BCUT2D eigenvalue weighted by Crippen LogP contribution is 2.29. The highest BCUT2D eigenvalue weighted by molar-refractivity contribution is 6.35. The van der Waals surface area contributed by atoms with Crippen molar-refractivity contribution in [3.8, 4) is 5.75 Å². The van der Waals surface area contributed by atoms with E-state index in [2.05, 4.69) is 10.3 Å². The number of ether oxygens (including phenoxy) is 1. The third-order valence-electron chi connectivity index (χ3n) is 4.16. The van der Waals surface area contributed by atoms with Crippen LogP contribution in [0.1, 0.15) is 20.8 Å². The highest BCUT2D eigenvalue weighted by Gasteiger charge is 2.28. The van der Waals surface area contributed by atoms with E-state index in [9.17, 15) is 4.79 Å². The van der Waals surface area contributed by atoms with E-state index in [4.69, 9.17) is 22.1 Å². The molecule has 1 heterocycles. The van der Waals surface area contributed by atoms with Crippen molar-refractivity contribution in [1.82, 2.24) is 10.3 Å². The molecule has 2 rings (SSSR count). The zero-order valence-electron chi connectivity index (χ0n) is 14.4. The number of hydrogen-bond acceptors (Lipinski definition) is 4. The van der Waals surface area contributed by atoms with Crippen LogP contribution in [-0.4, -0.2) is 29.6 Å². The van der Waals surface area contributed by atoms with Gasteiger partial charge in [0.2, 0.25) is 0 Å². The predicted octanol–water partition coefficient (Wildman–Crippen LogP) is 3.60. The SMILES string of the molecule is CC(C)C(C)(CN)NC(=O)COc1ccc(Cl)c2cccnc12.Cl.Cl. The molecular weight excluding hydrogens is 385 g/mol. The Kier molecular flexibility index (Phi) is 9.51. The average Bonchev–Trinajstić information content (AvgIpc) is 2.54. The van der Waals surface area contributed by atoms with Gasteiger partial charge in [0, 0.05) is 18.1 Å². The maximum absolute atomic E-state index is 12.2. The fourth-order valence-electron chi connectivity index (χ4n) is 2.16. The standard InChI is InChI=1S/C17H22ClN3O2.2ClH/c1-11(2)17(3,10-19)21-15(22)9-23-14-7-6-13(18)12-5-4-8-20-16(12)14;;/h4-8,11H,9-10,19H2,1-3H3,(H,21,22);2*1H. The monoisotopic (exact) mass is 407 g/mol. The minimum absolute atomic E-state index is 0. The van der Waals surface area contributed by atoms with Gasteiger partial charge in [-0.1, -0.05) is 25.4 Å². The Balaban J connectivity index is 0.00000288. The second-order valence-electron chi connectivity index (χ2n) is 6.06. The Morgan fingerprint density at radius 1 is 1.36 bits per heavy atom. The van der Waals surface area contributed by atoms with E-state index in [0.717, 1.165) is 5.39 Å². The Labute approximate surface area is 165 Å². The largest absolute Gasteiger partial charge is 0.481 e. The van der Waals surface area contributed by atoms with Crippen LogP contribution in [0.4, 0.5) is 0 Å². The van der Waals surface area contributed by atoms with Crippen molar-refractivity contribution in [3.63, 3.8) is 0 Å². The van der Waals surface area contributed by atoms with Crippen LogP contribution in [0.3, 0.4) is 0 Å². The van der Waals surface area contributed by atoms with Gasteiger partial charge in [-0.15, -0.1) is 24.8 Å². The van der Waals surface area contributed by atoms with E-state index in [1.165, 1.54) is 0 Å². The lowest BCUT2D eigenvalue weighted by atomic mass is 9.88. The molecule has 2 aromatic rings. The van der Waals surface area contributed by atoms with Crippen LogP contribution >= 0.6 is 36.4 Å². The molecule has 1 amide bonds. The van der Waals surface area contributed by atoms with Gasteiger partial charge in [-0.3, -0.25) is 9.78 Å². The molecule has 1 unspecified atom stereocenters. The number of pyridine rings is 1. The molecular formula is C17H24Cl3N3O2. The van der Waals surface area contributed by atoms with Crippen molar-refractivity contribution in [2.45, 2.75) is 26.3 Å². The maximum atomic E-state index is 12.2. The predicted molar refractivity (Wildman–Crippen MR) is 107 cm³/mol. The third kappa shape index (κ3) is 5.61. The van der Waals surface area contributed by atoms with Gasteiger partial charge >= 0.3 is 0 Å². The van der Waals surface area contributed by atoms with Gasteiger partial charge in [0.15, 0.2) is 6.61 Å². The molecule has 8 heteroatoms. The zero-order chi connectivity index (χ0) is 17.0. The van der Waals surface area contributed by atoms with Crippen LogP contribution in [0.25, 0.3) is 10.9 Å². The summed E-state index contributed by atoms with van der Waals surface area (Å²) in [5, 5.41) is 4.33. The summed E-state index contributed by atoms with van der Waals surface area (Å²) >= 11 is 6.14. The lowest BCUT2D eigenvalue weighted by Gasteiger charge is -2.33. The second kappa shape index (κ2) is 10.0. The molecule has 25 heavy (non-hydrogen) atoms. The number of halogens is 3. The molecule has 1 aromatic carbocycles. The summed E-state index contributed by atoms with van der Waals surface area (Å²) in [6, 6.07) is 7.12. The van der Waals surface area contributed by atoms with E-state index in [0.29, 0.717) is 22.8 Å². The summed E-state index contributed by atoms with van der Waals surface area (Å²) in [5.74, 6) is 0.527. The Bertz CT molecular complexity index is 713. The number of amides is 1. The summed E-state index contributed by atoms with van der Waals surface area (Å²) in [6.45, 7) is 6.22. The van der Waals surface area contributed by atoms with Crippen LogP contribution < -0.4 is 15.8 Å². The first-order chi connectivity index (χ1) is 10.9. The van der Waals surface area contributed by atoms with Crippen molar-refractivity contribution >= 4 is 53.2 Å². The molecule has 0 fully saturated rings. The summed E-state index contributed by atoms with van der Waals surface area (Å²) < 4.78 is 5.63. The maximum Gasteiger partial charge on any atom is 0.258 e. The normalized spacial score (nSPS) is 12.7. The molecule has 5 nitrogen and oxygen atoms in total. The zero-order valence-corrected chi connectivity index (χ0v) is 16.8. The average molecular weight is 409 g/mol. The van der Waals surface area contributed by atoms with Gasteiger partial charge in [-0.2, -0.15) is 0 Å². The minimum atomic E-state index is -0.458. The highest BCUT2D eigenvalue weighted by atomic mass is 35.5. The minimum Gasteiger partial charge on any atom is -0.481 e. The summed E-state index contributed by atoms with van der Waals surface area (Å²) in [7, 11) is 0. The van der Waals surface area contributed by atoms with Crippen LogP contribution in [0.2, 0.25) is 5.02 Å². The van der Waals surface area contributed by atoms with Crippen molar-refractivity contribution in [2.75, 3.05) is 13.2 Å². The lowest BCUT2D eigenvalue weighted by molar-refractivity contribution is -0.125. The van der Waals surface area contributed by atoms with Crippen molar-refractivity contribution < 1.29 is 9.53 Å². The molecule has 0 saturated carbocycles. The number of carbonyl (C=O) groups excluding carboxylic acids is 1. The van der Waals surface area contributed by atoms with E-state index >= 15 is 0 Å². The van der Waals surface area contributed by atoms with Crippen LogP contribution in [0.5, 0.6) is 5.75 Å². The first-order valence-corrected chi connectivity index (χ1v) is 7.92. The summed E-state index contributed by atoms with van der Waals surface area (Å²) in [5.41, 5.74) is 5.95. The van der Waals surface area contributed by atoms with E-state index < -0.39 is 5.54 Å². The Morgan fingerprint density at radius 2 is 2.04 bits per heavy atom. The quantitative estimate of drug-likeness (QED) is 0.765. The molecule has 0 bridgehead atoms. The van der Waals surface area contributed by atoms with Gasteiger partial charge in [0.1, 0.15) is 11.3 Å². The van der Waals surface area contributed by atoms with Crippen LogP contribution in [-0.2, 0) is 4.79 Å². The molecule has 0 spiro atoms. The van der Waals surface area contributed by atoms with Crippen molar-refractivity contribution in [3.05, 3.63) is 35.5 Å². The summed E-state index contributed by atoms with van der Waals surface area (Å²) in [6.07, 6.45) is 1.66. The van der Waals surface area contributed by atoms with Gasteiger partial charge in [-0.05, 0) is 37.1 Å². The molecule has 3 N–H and O–H groups in total. The fourth-order valence-corrected chi connectivity index (χ4v) is 2.37. The molecule has 140 valence electrons. The van der Waals surface area contributed by atoms with Gasteiger partial charge in [-0.25, -0.2) is 0 Å². The van der Waals surface area contributed by atoms with Gasteiger partial charge < -0.3 is 15.8 Å². The number of aromatic nitrogens is 1. The first-order valence-electron chi connectivity index (χ1n) is 7.54. The lowest BCUT2D eigenvalue weighted by Crippen LogP contribution is -2.56. The Morgan fingerprint density at radius 3 is 2.64 bits per heavy atom. The molecule has 0 radical (unpaired) electrons. The number of rotatable bonds is 6. The number of hydrogen-bond donors (Lipinski definition) is 2. The van der Waals surface area contributed by atoms with E-state index in [1.807, 2.05) is 26.8 Å². The van der Waals surface area contributed by atoms with Crippen molar-refractivity contribution in [1.29, 1.82) is 0 Å². The fraction of sp³-hybridized carbons (Fsp3) is 0.412. The summed E-state index contributed by atoms with van der Waals surface area (Å²) in [4.78, 5) is 16.4. The number of nitrogens with one attached hydrogen (secondary N) is 1. The van der Waals surface area contributed by atoms with Gasteiger partial charge in [0.05, 0.1) is 10.6 Å². The number of fused-ring (bicyclic) bond motifs is 1. The Hall–Kier alpha value is -1.27. The topological polar surface area (TPSA) is 77.2 Å². The number of carbonyl (C=O) groups is 1. The molecule has 0 aliphatic rings. The number of benzene rings is 1. The number of nitrogens with two attached hydrogens (primary N) is 1.